The van der Waals surface area contributed by atoms with Crippen LogP contribution in [0.2, 0.25) is 0 Å². The first-order valence-corrected chi connectivity index (χ1v) is 6.19. The number of hydrogen-bond acceptors (Lipinski definition) is 4. The van der Waals surface area contributed by atoms with Crippen molar-refractivity contribution >= 4 is 19.7 Å². The molecule has 0 radical (unpaired) electrons. The number of hydrogen-bond donors (Lipinski definition) is 0. The van der Waals surface area contributed by atoms with Crippen molar-refractivity contribution in [2.24, 2.45) is 0 Å². The Bertz CT molecular complexity index is 543. The van der Waals surface area contributed by atoms with Gasteiger partial charge in [-0.25, -0.2) is 17.8 Å². The summed E-state index contributed by atoms with van der Waals surface area (Å²) in [5, 5.41) is -1.31. The molecule has 0 aromatic carbocycles. The van der Waals surface area contributed by atoms with E-state index in [4.69, 9.17) is 10.7 Å². The summed E-state index contributed by atoms with van der Waals surface area (Å²) in [7, 11) is 0.177. The molecule has 0 atom stereocenters. The summed E-state index contributed by atoms with van der Waals surface area (Å²) >= 11 is 0. The normalized spacial score (nSPS) is 12.6. The van der Waals surface area contributed by atoms with Crippen LogP contribution in [-0.2, 0) is 9.05 Å². The number of halogens is 5. The third kappa shape index (κ3) is 3.70. The SMILES string of the molecule is Cc1cc(F)c(OC(F)(F)F)c(S(=O)(=O)Cl)n1. The van der Waals surface area contributed by atoms with Crippen molar-refractivity contribution < 1.29 is 30.7 Å². The van der Waals surface area contributed by atoms with Crippen molar-refractivity contribution in [2.75, 3.05) is 0 Å². The molecule has 0 aliphatic heterocycles. The first kappa shape index (κ1) is 14.0. The zero-order valence-electron chi connectivity index (χ0n) is 8.05. The molecular weight excluding hydrogens is 290 g/mol. The topological polar surface area (TPSA) is 56.3 Å². The van der Waals surface area contributed by atoms with Crippen molar-refractivity contribution in [3.63, 3.8) is 0 Å². The van der Waals surface area contributed by atoms with Crippen LogP contribution in [0, 0.1) is 12.7 Å². The van der Waals surface area contributed by atoms with Crippen molar-refractivity contribution in [3.05, 3.63) is 17.6 Å². The van der Waals surface area contributed by atoms with E-state index in [1.807, 2.05) is 0 Å². The van der Waals surface area contributed by atoms with Crippen LogP contribution in [0.15, 0.2) is 11.1 Å². The minimum Gasteiger partial charge on any atom is -0.399 e. The molecule has 0 saturated carbocycles. The minimum absolute atomic E-state index is 0.156. The Kier molecular flexibility index (Phi) is 3.53. The Morgan fingerprint density at radius 3 is 2.35 bits per heavy atom. The number of pyridine rings is 1. The number of aromatic nitrogens is 1. The van der Waals surface area contributed by atoms with Crippen molar-refractivity contribution in [3.8, 4) is 5.75 Å². The molecule has 0 amide bonds. The van der Waals surface area contributed by atoms with E-state index in [1.54, 1.807) is 0 Å². The lowest BCUT2D eigenvalue weighted by Gasteiger charge is -2.12. The summed E-state index contributed by atoms with van der Waals surface area (Å²) in [5.41, 5.74) is -0.156. The van der Waals surface area contributed by atoms with E-state index in [1.165, 1.54) is 6.92 Å². The van der Waals surface area contributed by atoms with Crippen LogP contribution in [0.4, 0.5) is 17.6 Å². The average molecular weight is 294 g/mol. The molecule has 0 spiro atoms. The van der Waals surface area contributed by atoms with Gasteiger partial charge in [-0.15, -0.1) is 13.2 Å². The highest BCUT2D eigenvalue weighted by molar-refractivity contribution is 8.13. The zero-order chi connectivity index (χ0) is 13.4. The number of rotatable bonds is 2. The summed E-state index contributed by atoms with van der Waals surface area (Å²) < 4.78 is 74.1. The Balaban J connectivity index is 3.47. The van der Waals surface area contributed by atoms with Crippen LogP contribution in [0.1, 0.15) is 5.69 Å². The molecule has 0 aliphatic rings. The first-order valence-electron chi connectivity index (χ1n) is 3.88. The molecule has 0 unspecified atom stereocenters. The fourth-order valence-corrected chi connectivity index (χ4v) is 1.90. The van der Waals surface area contributed by atoms with Gasteiger partial charge < -0.3 is 4.74 Å². The maximum absolute atomic E-state index is 13.2. The molecule has 0 N–H and O–H groups in total. The highest BCUT2D eigenvalue weighted by atomic mass is 35.7. The summed E-state index contributed by atoms with van der Waals surface area (Å²) in [4.78, 5) is 3.20. The zero-order valence-corrected chi connectivity index (χ0v) is 9.62. The van der Waals surface area contributed by atoms with E-state index >= 15 is 0 Å². The Labute approximate surface area is 97.6 Å². The van der Waals surface area contributed by atoms with Crippen LogP contribution in [0.5, 0.6) is 5.75 Å². The molecule has 4 nitrogen and oxygen atoms in total. The second kappa shape index (κ2) is 4.30. The number of nitrogens with zero attached hydrogens (tertiary/aromatic N) is 1. The van der Waals surface area contributed by atoms with E-state index in [9.17, 15) is 26.0 Å². The van der Waals surface area contributed by atoms with Gasteiger partial charge in [-0.3, -0.25) is 0 Å². The smallest absolute Gasteiger partial charge is 0.399 e. The fraction of sp³-hybridized carbons (Fsp3) is 0.286. The monoisotopic (exact) mass is 293 g/mol. The molecule has 1 aromatic heterocycles. The van der Waals surface area contributed by atoms with E-state index < -0.39 is 32.0 Å². The molecule has 1 aromatic rings. The van der Waals surface area contributed by atoms with Crippen molar-refractivity contribution in [2.45, 2.75) is 18.3 Å². The van der Waals surface area contributed by atoms with Crippen LogP contribution < -0.4 is 4.74 Å². The molecule has 0 fully saturated rings. The highest BCUT2D eigenvalue weighted by Gasteiger charge is 2.36. The second-order valence-corrected chi connectivity index (χ2v) is 5.35. The Hall–Kier alpha value is -1.09. The van der Waals surface area contributed by atoms with E-state index in [0.29, 0.717) is 6.07 Å². The van der Waals surface area contributed by atoms with Gasteiger partial charge in [-0.2, -0.15) is 0 Å². The lowest BCUT2D eigenvalue weighted by Crippen LogP contribution is -2.20. The third-order valence-corrected chi connectivity index (χ3v) is 2.65. The quantitative estimate of drug-likeness (QED) is 0.620. The first-order chi connectivity index (χ1) is 7.50. The predicted molar refractivity (Wildman–Crippen MR) is 48.7 cm³/mol. The number of alkyl halides is 3. The molecular formula is C7H4ClF4NO3S. The van der Waals surface area contributed by atoms with Crippen LogP contribution in [-0.4, -0.2) is 19.8 Å². The lowest BCUT2D eigenvalue weighted by atomic mass is 10.3. The molecule has 0 bridgehead atoms. The van der Waals surface area contributed by atoms with Gasteiger partial charge in [0.05, 0.1) is 0 Å². The largest absolute Gasteiger partial charge is 0.573 e. The van der Waals surface area contributed by atoms with Gasteiger partial charge in [-0.05, 0) is 13.0 Å². The molecule has 1 heterocycles. The maximum Gasteiger partial charge on any atom is 0.573 e. The van der Waals surface area contributed by atoms with Gasteiger partial charge in [0.1, 0.15) is 0 Å². The van der Waals surface area contributed by atoms with Crippen LogP contribution in [0.3, 0.4) is 0 Å². The van der Waals surface area contributed by atoms with Gasteiger partial charge in [0.25, 0.3) is 9.05 Å². The van der Waals surface area contributed by atoms with Gasteiger partial charge in [0.2, 0.25) is 10.8 Å². The van der Waals surface area contributed by atoms with E-state index in [0.717, 1.165) is 0 Å². The van der Waals surface area contributed by atoms with Gasteiger partial charge in [-0.1, -0.05) is 0 Å². The molecule has 96 valence electrons. The van der Waals surface area contributed by atoms with Crippen molar-refractivity contribution in [1.82, 2.24) is 4.98 Å². The number of ether oxygens (including phenoxy) is 1. The number of aryl methyl sites for hydroxylation is 1. The highest BCUT2D eigenvalue weighted by Crippen LogP contribution is 2.32. The van der Waals surface area contributed by atoms with Gasteiger partial charge in [0, 0.05) is 16.4 Å². The summed E-state index contributed by atoms with van der Waals surface area (Å²) in [6.45, 7) is 1.19. The molecule has 0 saturated heterocycles. The minimum atomic E-state index is -5.26. The third-order valence-electron chi connectivity index (χ3n) is 1.47. The molecule has 1 rings (SSSR count). The molecule has 10 heteroatoms. The van der Waals surface area contributed by atoms with E-state index in [-0.39, 0.29) is 5.69 Å². The van der Waals surface area contributed by atoms with E-state index in [2.05, 4.69) is 9.72 Å². The average Bonchev–Trinajstić information content (AvgIpc) is 2.05. The predicted octanol–water partition coefficient (Wildman–Crippen LogP) is 2.36. The fourth-order valence-electron chi connectivity index (χ4n) is 0.968. The lowest BCUT2D eigenvalue weighted by molar-refractivity contribution is -0.276. The van der Waals surface area contributed by atoms with Gasteiger partial charge in [0.15, 0.2) is 5.82 Å². The van der Waals surface area contributed by atoms with Crippen molar-refractivity contribution in [1.29, 1.82) is 0 Å². The standard InChI is InChI=1S/C7H4ClF4NO3S/c1-3-2-4(9)5(16-7(10,11)12)6(13-3)17(8,14)15/h2H,1H3. The molecule has 17 heavy (non-hydrogen) atoms. The Morgan fingerprint density at radius 1 is 1.41 bits per heavy atom. The molecule has 0 aliphatic carbocycles. The second-order valence-electron chi connectivity index (χ2n) is 2.87. The maximum atomic E-state index is 13.2. The van der Waals surface area contributed by atoms with Crippen LogP contribution in [0.25, 0.3) is 0 Å². The summed E-state index contributed by atoms with van der Waals surface area (Å²) in [6.07, 6.45) is -5.26. The van der Waals surface area contributed by atoms with Gasteiger partial charge >= 0.3 is 6.36 Å². The van der Waals surface area contributed by atoms with Crippen LogP contribution >= 0.6 is 10.7 Å². The summed E-state index contributed by atoms with van der Waals surface area (Å²) in [6, 6.07) is 0.590. The Morgan fingerprint density at radius 2 is 1.94 bits per heavy atom. The summed E-state index contributed by atoms with van der Waals surface area (Å²) in [5.74, 6) is -3.09.